The summed E-state index contributed by atoms with van der Waals surface area (Å²) < 4.78 is 10.3. The molecule has 0 aliphatic carbocycles. The van der Waals surface area contributed by atoms with Gasteiger partial charge in [0.15, 0.2) is 0 Å². The lowest BCUT2D eigenvalue weighted by Gasteiger charge is -2.12. The van der Waals surface area contributed by atoms with Crippen molar-refractivity contribution in [2.24, 2.45) is 5.92 Å². The monoisotopic (exact) mass is 701 g/mol. The number of aliphatic hydroxyl groups is 2. The van der Waals surface area contributed by atoms with E-state index in [1.54, 1.807) is 0 Å². The Morgan fingerprint density at radius 1 is 0.560 bits per heavy atom. The van der Waals surface area contributed by atoms with Crippen LogP contribution < -0.4 is 0 Å². The van der Waals surface area contributed by atoms with Crippen molar-refractivity contribution in [3.05, 3.63) is 60.8 Å². The van der Waals surface area contributed by atoms with Crippen LogP contribution >= 0.6 is 0 Å². The lowest BCUT2D eigenvalue weighted by Crippen LogP contribution is -2.25. The van der Waals surface area contributed by atoms with Crippen molar-refractivity contribution < 1.29 is 29.3 Å². The highest BCUT2D eigenvalue weighted by atomic mass is 16.6. The van der Waals surface area contributed by atoms with Crippen molar-refractivity contribution in [1.29, 1.82) is 0 Å². The van der Waals surface area contributed by atoms with Crippen LogP contribution in [0.3, 0.4) is 0 Å². The Morgan fingerprint density at radius 3 is 1.56 bits per heavy atom. The summed E-state index contributed by atoms with van der Waals surface area (Å²) in [6, 6.07) is 0. The lowest BCUT2D eigenvalue weighted by molar-refractivity contribution is -0.152. The molecule has 0 fully saturated rings. The van der Waals surface area contributed by atoms with Crippen molar-refractivity contribution in [1.82, 2.24) is 0 Å². The first-order valence-corrected chi connectivity index (χ1v) is 20.3. The van der Waals surface area contributed by atoms with Crippen molar-refractivity contribution in [3.8, 4) is 0 Å². The van der Waals surface area contributed by atoms with Gasteiger partial charge in [-0.2, -0.15) is 0 Å². The molecule has 0 spiro atoms. The Kier molecular flexibility index (Phi) is 36.0. The summed E-state index contributed by atoms with van der Waals surface area (Å²) in [5, 5.41) is 19.7. The summed E-state index contributed by atoms with van der Waals surface area (Å²) in [5.41, 5.74) is 0. The van der Waals surface area contributed by atoms with Crippen LogP contribution in [-0.2, 0) is 19.1 Å². The Labute approximate surface area is 307 Å². The van der Waals surface area contributed by atoms with Gasteiger partial charge in [-0.25, -0.2) is 0 Å². The molecule has 0 aromatic carbocycles. The predicted molar refractivity (Wildman–Crippen MR) is 211 cm³/mol. The standard InChI is InChI=1S/C44H76O6/c1-4-5-34-41(45)35-30-26-22-18-14-11-12-16-20-24-28-32-37-44(48)50-39-42(46)38-49-43(47)36-31-27-23-19-15-10-8-6-7-9-13-17-21-25-29-33-40(2)3/h5,11-12,18,20,22,24,26,30,34,40-42,45-46H,4,6-10,13-17,19,21,23,25,27-29,31-33,35-39H2,1-3H3/b12-11-,22-18-,24-20-,30-26+,34-5-/t41?,42-/m0/s1. The summed E-state index contributed by atoms with van der Waals surface area (Å²) in [7, 11) is 0. The SMILES string of the molecule is CC/C=C\C(O)C/C=C/C=C\C/C=C\C/C=C\CCCC(=O)OC[C@@H](O)COC(=O)CCCCCCCCCCCCCCCCCC(C)C. The maximum atomic E-state index is 12.0. The van der Waals surface area contributed by atoms with Crippen LogP contribution in [0.25, 0.3) is 0 Å². The number of hydrogen-bond acceptors (Lipinski definition) is 6. The second-order valence-electron chi connectivity index (χ2n) is 14.1. The first-order valence-electron chi connectivity index (χ1n) is 20.3. The van der Waals surface area contributed by atoms with Gasteiger partial charge in [-0.05, 0) is 50.9 Å². The Morgan fingerprint density at radius 2 is 1.02 bits per heavy atom. The second-order valence-corrected chi connectivity index (χ2v) is 14.1. The average Bonchev–Trinajstić information content (AvgIpc) is 3.10. The van der Waals surface area contributed by atoms with Crippen LogP contribution in [0.15, 0.2) is 60.8 Å². The van der Waals surface area contributed by atoms with Crippen LogP contribution in [0.5, 0.6) is 0 Å². The second kappa shape index (κ2) is 37.8. The number of esters is 2. The molecule has 0 aliphatic rings. The highest BCUT2D eigenvalue weighted by Crippen LogP contribution is 2.15. The van der Waals surface area contributed by atoms with E-state index < -0.39 is 12.2 Å². The Hall–Kier alpha value is -2.44. The molecule has 2 N–H and O–H groups in total. The largest absolute Gasteiger partial charge is 0.463 e. The number of hydrogen-bond donors (Lipinski definition) is 2. The van der Waals surface area contributed by atoms with E-state index in [-0.39, 0.29) is 31.6 Å². The molecule has 0 saturated carbocycles. The summed E-state index contributed by atoms with van der Waals surface area (Å²) >= 11 is 0. The molecule has 0 saturated heterocycles. The number of carbonyl (C=O) groups excluding carboxylic acids is 2. The van der Waals surface area contributed by atoms with Gasteiger partial charge in [-0.15, -0.1) is 0 Å². The number of aliphatic hydroxyl groups excluding tert-OH is 2. The molecular weight excluding hydrogens is 624 g/mol. The molecule has 6 nitrogen and oxygen atoms in total. The van der Waals surface area contributed by atoms with Gasteiger partial charge in [0.1, 0.15) is 19.3 Å². The molecule has 0 aromatic heterocycles. The van der Waals surface area contributed by atoms with Crippen molar-refractivity contribution in [2.75, 3.05) is 13.2 Å². The minimum absolute atomic E-state index is 0.145. The van der Waals surface area contributed by atoms with E-state index >= 15 is 0 Å². The van der Waals surface area contributed by atoms with E-state index in [1.807, 2.05) is 37.3 Å². The summed E-state index contributed by atoms with van der Waals surface area (Å²) in [5.74, 6) is 0.195. The lowest BCUT2D eigenvalue weighted by atomic mass is 10.0. The van der Waals surface area contributed by atoms with Crippen LogP contribution in [0.4, 0.5) is 0 Å². The zero-order chi connectivity index (χ0) is 36.8. The van der Waals surface area contributed by atoms with Crippen LogP contribution in [0.1, 0.15) is 175 Å². The molecule has 0 rings (SSSR count). The third-order valence-electron chi connectivity index (χ3n) is 8.52. The average molecular weight is 701 g/mol. The fourth-order valence-corrected chi connectivity index (χ4v) is 5.44. The van der Waals surface area contributed by atoms with Gasteiger partial charge in [0.05, 0.1) is 6.10 Å². The molecule has 50 heavy (non-hydrogen) atoms. The molecule has 0 amide bonds. The van der Waals surface area contributed by atoms with E-state index in [2.05, 4.69) is 44.2 Å². The fourth-order valence-electron chi connectivity index (χ4n) is 5.44. The van der Waals surface area contributed by atoms with E-state index in [0.29, 0.717) is 19.3 Å². The third kappa shape index (κ3) is 38.4. The Balaban J connectivity index is 3.55. The van der Waals surface area contributed by atoms with E-state index in [4.69, 9.17) is 9.47 Å². The van der Waals surface area contributed by atoms with Gasteiger partial charge >= 0.3 is 11.9 Å². The molecular formula is C44H76O6. The summed E-state index contributed by atoms with van der Waals surface area (Å²) in [4.78, 5) is 23.9. The molecule has 1 unspecified atom stereocenters. The summed E-state index contributed by atoms with van der Waals surface area (Å²) in [6.45, 7) is 6.37. The molecule has 2 atom stereocenters. The van der Waals surface area contributed by atoms with Gasteiger partial charge < -0.3 is 19.7 Å². The van der Waals surface area contributed by atoms with Crippen molar-refractivity contribution in [3.63, 3.8) is 0 Å². The topological polar surface area (TPSA) is 93.1 Å². The van der Waals surface area contributed by atoms with Gasteiger partial charge in [-0.3, -0.25) is 9.59 Å². The quantitative estimate of drug-likeness (QED) is 0.0296. The predicted octanol–water partition coefficient (Wildman–Crippen LogP) is 11.6. The normalized spacial score (nSPS) is 13.6. The molecule has 6 heteroatoms. The molecule has 0 aromatic rings. The van der Waals surface area contributed by atoms with Crippen LogP contribution in [0, 0.1) is 5.92 Å². The van der Waals surface area contributed by atoms with Gasteiger partial charge in [0.2, 0.25) is 0 Å². The summed E-state index contributed by atoms with van der Waals surface area (Å²) in [6.07, 6.45) is 44.8. The molecule has 0 aliphatic heterocycles. The molecule has 288 valence electrons. The van der Waals surface area contributed by atoms with E-state index in [9.17, 15) is 19.8 Å². The zero-order valence-electron chi connectivity index (χ0n) is 32.4. The van der Waals surface area contributed by atoms with Gasteiger partial charge in [-0.1, -0.05) is 178 Å². The smallest absolute Gasteiger partial charge is 0.305 e. The first-order chi connectivity index (χ1) is 24.3. The number of allylic oxidation sites excluding steroid dienone is 8. The highest BCUT2D eigenvalue weighted by Gasteiger charge is 2.12. The number of rotatable bonds is 35. The number of ether oxygens (including phenoxy) is 2. The minimum Gasteiger partial charge on any atom is -0.463 e. The molecule has 0 radical (unpaired) electrons. The van der Waals surface area contributed by atoms with Crippen molar-refractivity contribution >= 4 is 11.9 Å². The fraction of sp³-hybridized carbons (Fsp3) is 0.727. The third-order valence-corrected chi connectivity index (χ3v) is 8.52. The highest BCUT2D eigenvalue weighted by molar-refractivity contribution is 5.69. The molecule has 0 bridgehead atoms. The van der Waals surface area contributed by atoms with E-state index in [1.165, 1.54) is 83.5 Å². The maximum Gasteiger partial charge on any atom is 0.305 e. The molecule has 0 heterocycles. The zero-order valence-corrected chi connectivity index (χ0v) is 32.4. The Bertz CT molecular complexity index is 915. The first kappa shape index (κ1) is 47.6. The van der Waals surface area contributed by atoms with Crippen LogP contribution in [-0.4, -0.2) is 47.6 Å². The minimum atomic E-state index is -0.999. The number of unbranched alkanes of at least 4 members (excludes halogenated alkanes) is 15. The van der Waals surface area contributed by atoms with Gasteiger partial charge in [0.25, 0.3) is 0 Å². The maximum absolute atomic E-state index is 12.0. The van der Waals surface area contributed by atoms with E-state index in [0.717, 1.165) is 50.9 Å². The van der Waals surface area contributed by atoms with Crippen molar-refractivity contribution in [2.45, 2.75) is 187 Å². The number of carbonyl (C=O) groups is 2. The van der Waals surface area contributed by atoms with Gasteiger partial charge in [0, 0.05) is 12.8 Å². The van der Waals surface area contributed by atoms with Crippen LogP contribution in [0.2, 0.25) is 0 Å².